The summed E-state index contributed by atoms with van der Waals surface area (Å²) in [5.41, 5.74) is 1.97. The van der Waals surface area contributed by atoms with Crippen molar-refractivity contribution < 1.29 is 13.2 Å². The lowest BCUT2D eigenvalue weighted by molar-refractivity contribution is -0.114. The number of carbonyl (C=O) groups excluding carboxylic acids is 1. The van der Waals surface area contributed by atoms with Crippen molar-refractivity contribution in [1.82, 2.24) is 0 Å². The number of rotatable bonds is 6. The molecule has 0 aromatic heterocycles. The van der Waals surface area contributed by atoms with Crippen molar-refractivity contribution in [1.29, 1.82) is 0 Å². The molecule has 7 heteroatoms. The average Bonchev–Trinajstić information content (AvgIpc) is 2.69. The van der Waals surface area contributed by atoms with Crippen molar-refractivity contribution in [3.63, 3.8) is 0 Å². The number of nitrogens with zero attached hydrogens (tertiary/aromatic N) is 1. The molecule has 0 bridgehead atoms. The van der Waals surface area contributed by atoms with Crippen LogP contribution in [0.5, 0.6) is 0 Å². The summed E-state index contributed by atoms with van der Waals surface area (Å²) in [6.07, 6.45) is 0. The molecule has 3 rings (SSSR count). The first-order valence-corrected chi connectivity index (χ1v) is 10.8. The Labute approximate surface area is 173 Å². The molecule has 1 N–H and O–H groups in total. The van der Waals surface area contributed by atoms with Crippen LogP contribution in [0.15, 0.2) is 88.2 Å². The molecule has 0 saturated carbocycles. The Morgan fingerprint density at radius 3 is 2.14 bits per heavy atom. The molecule has 0 saturated heterocycles. The van der Waals surface area contributed by atoms with Gasteiger partial charge in [0.05, 0.1) is 10.6 Å². The number of benzene rings is 3. The van der Waals surface area contributed by atoms with E-state index in [1.165, 1.54) is 0 Å². The highest BCUT2D eigenvalue weighted by atomic mass is 79.9. The number of sulfonamides is 1. The zero-order valence-corrected chi connectivity index (χ0v) is 17.6. The Kier molecular flexibility index (Phi) is 6.16. The standard InChI is InChI=1S/C21H19BrN2O3S/c1-16-7-13-20(14-8-16)28(26,27)24(19-5-3-2-4-6-19)15-21(25)23-18-11-9-17(22)10-12-18/h2-14H,15H2,1H3,(H,23,25). The third-order valence-corrected chi connectivity index (χ3v) is 6.39. The van der Waals surface area contributed by atoms with Gasteiger partial charge in [-0.1, -0.05) is 51.8 Å². The zero-order chi connectivity index (χ0) is 20.1. The average molecular weight is 459 g/mol. The Morgan fingerprint density at radius 1 is 0.929 bits per heavy atom. The molecule has 0 unspecified atom stereocenters. The first-order chi connectivity index (χ1) is 13.4. The van der Waals surface area contributed by atoms with Gasteiger partial charge in [-0.15, -0.1) is 0 Å². The fourth-order valence-electron chi connectivity index (χ4n) is 2.61. The normalized spacial score (nSPS) is 11.1. The molecule has 0 atom stereocenters. The number of hydrogen-bond acceptors (Lipinski definition) is 3. The van der Waals surface area contributed by atoms with E-state index in [0.717, 1.165) is 14.3 Å². The van der Waals surface area contributed by atoms with Crippen LogP contribution in [0.4, 0.5) is 11.4 Å². The van der Waals surface area contributed by atoms with Crippen LogP contribution in [-0.4, -0.2) is 20.9 Å². The molecule has 5 nitrogen and oxygen atoms in total. The van der Waals surface area contributed by atoms with Gasteiger partial charge in [0, 0.05) is 10.2 Å². The summed E-state index contributed by atoms with van der Waals surface area (Å²) >= 11 is 3.34. The summed E-state index contributed by atoms with van der Waals surface area (Å²) in [6, 6.07) is 22.2. The van der Waals surface area contributed by atoms with Crippen LogP contribution in [0, 0.1) is 6.92 Å². The molecule has 3 aromatic carbocycles. The zero-order valence-electron chi connectivity index (χ0n) is 15.2. The van der Waals surface area contributed by atoms with E-state index in [4.69, 9.17) is 0 Å². The second kappa shape index (κ2) is 8.58. The molecule has 0 aliphatic heterocycles. The number of aryl methyl sites for hydroxylation is 1. The summed E-state index contributed by atoms with van der Waals surface area (Å²) in [7, 11) is -3.90. The Balaban J connectivity index is 1.90. The van der Waals surface area contributed by atoms with Crippen LogP contribution in [0.2, 0.25) is 0 Å². The third kappa shape index (κ3) is 4.79. The molecule has 0 fully saturated rings. The van der Waals surface area contributed by atoms with Crippen molar-refractivity contribution in [2.45, 2.75) is 11.8 Å². The number of hydrogen-bond donors (Lipinski definition) is 1. The molecule has 28 heavy (non-hydrogen) atoms. The summed E-state index contributed by atoms with van der Waals surface area (Å²) in [5.74, 6) is -0.429. The Bertz CT molecular complexity index is 1050. The van der Waals surface area contributed by atoms with Crippen LogP contribution >= 0.6 is 15.9 Å². The number of anilines is 2. The second-order valence-corrected chi connectivity index (χ2v) is 8.99. The van der Waals surface area contributed by atoms with Crippen molar-refractivity contribution in [2.75, 3.05) is 16.2 Å². The lowest BCUT2D eigenvalue weighted by Gasteiger charge is -2.24. The highest BCUT2D eigenvalue weighted by molar-refractivity contribution is 9.10. The molecule has 0 heterocycles. The molecule has 0 aliphatic rings. The SMILES string of the molecule is Cc1ccc(S(=O)(=O)N(CC(=O)Nc2ccc(Br)cc2)c2ccccc2)cc1. The highest BCUT2D eigenvalue weighted by Gasteiger charge is 2.27. The maximum absolute atomic E-state index is 13.2. The van der Waals surface area contributed by atoms with Crippen molar-refractivity contribution in [2.24, 2.45) is 0 Å². The summed E-state index contributed by atoms with van der Waals surface area (Å²) < 4.78 is 28.4. The minimum atomic E-state index is -3.90. The van der Waals surface area contributed by atoms with Gasteiger partial charge in [0.25, 0.3) is 10.0 Å². The number of amides is 1. The quantitative estimate of drug-likeness (QED) is 0.587. The molecule has 1 amide bonds. The van der Waals surface area contributed by atoms with Gasteiger partial charge in [-0.3, -0.25) is 9.10 Å². The van der Waals surface area contributed by atoms with E-state index in [2.05, 4.69) is 21.2 Å². The molecular weight excluding hydrogens is 440 g/mol. The van der Waals surface area contributed by atoms with Crippen LogP contribution in [0.1, 0.15) is 5.56 Å². The van der Waals surface area contributed by atoms with Crippen molar-refractivity contribution in [3.8, 4) is 0 Å². The van der Waals surface area contributed by atoms with E-state index in [1.807, 2.05) is 6.92 Å². The van der Waals surface area contributed by atoms with Gasteiger partial charge in [0.15, 0.2) is 0 Å². The largest absolute Gasteiger partial charge is 0.325 e. The van der Waals surface area contributed by atoms with Gasteiger partial charge in [-0.2, -0.15) is 0 Å². The maximum atomic E-state index is 13.2. The van der Waals surface area contributed by atoms with Crippen LogP contribution in [0.25, 0.3) is 0 Å². The lowest BCUT2D eigenvalue weighted by Crippen LogP contribution is -2.38. The van der Waals surface area contributed by atoms with E-state index in [1.54, 1.807) is 78.9 Å². The van der Waals surface area contributed by atoms with E-state index in [0.29, 0.717) is 11.4 Å². The van der Waals surface area contributed by atoms with Crippen molar-refractivity contribution in [3.05, 3.63) is 88.9 Å². The van der Waals surface area contributed by atoms with E-state index in [-0.39, 0.29) is 11.4 Å². The smallest absolute Gasteiger partial charge is 0.264 e. The molecular formula is C21H19BrN2O3S. The fourth-order valence-corrected chi connectivity index (χ4v) is 4.30. The minimum Gasteiger partial charge on any atom is -0.325 e. The predicted molar refractivity (Wildman–Crippen MR) is 115 cm³/mol. The van der Waals surface area contributed by atoms with Crippen molar-refractivity contribution >= 4 is 43.2 Å². The predicted octanol–water partition coefficient (Wildman–Crippen LogP) is 4.59. The van der Waals surface area contributed by atoms with Gasteiger partial charge in [0.2, 0.25) is 5.91 Å². The topological polar surface area (TPSA) is 66.5 Å². The van der Waals surface area contributed by atoms with Crippen LogP contribution in [0.3, 0.4) is 0 Å². The first-order valence-electron chi connectivity index (χ1n) is 8.56. The highest BCUT2D eigenvalue weighted by Crippen LogP contribution is 2.24. The van der Waals surface area contributed by atoms with Crippen LogP contribution < -0.4 is 9.62 Å². The van der Waals surface area contributed by atoms with E-state index >= 15 is 0 Å². The van der Waals surface area contributed by atoms with Gasteiger partial charge in [0.1, 0.15) is 6.54 Å². The van der Waals surface area contributed by atoms with Gasteiger partial charge >= 0.3 is 0 Å². The number of carbonyl (C=O) groups is 1. The summed E-state index contributed by atoms with van der Waals surface area (Å²) in [6.45, 7) is 1.55. The molecule has 144 valence electrons. The van der Waals surface area contributed by atoms with E-state index in [9.17, 15) is 13.2 Å². The minimum absolute atomic E-state index is 0.137. The van der Waals surface area contributed by atoms with Crippen LogP contribution in [-0.2, 0) is 14.8 Å². The molecule has 0 spiro atoms. The Morgan fingerprint density at radius 2 is 1.54 bits per heavy atom. The molecule has 0 radical (unpaired) electrons. The number of para-hydroxylation sites is 1. The Hall–Kier alpha value is -2.64. The number of nitrogens with one attached hydrogen (secondary N) is 1. The second-order valence-electron chi connectivity index (χ2n) is 6.22. The summed E-state index contributed by atoms with van der Waals surface area (Å²) in [4.78, 5) is 12.7. The third-order valence-electron chi connectivity index (χ3n) is 4.07. The fraction of sp³-hybridized carbons (Fsp3) is 0.0952. The van der Waals surface area contributed by atoms with Gasteiger partial charge < -0.3 is 5.32 Å². The van der Waals surface area contributed by atoms with Gasteiger partial charge in [-0.05, 0) is 55.5 Å². The maximum Gasteiger partial charge on any atom is 0.264 e. The molecule has 3 aromatic rings. The summed E-state index contributed by atoms with van der Waals surface area (Å²) in [5, 5.41) is 2.74. The lowest BCUT2D eigenvalue weighted by atomic mass is 10.2. The van der Waals surface area contributed by atoms with E-state index < -0.39 is 15.9 Å². The molecule has 0 aliphatic carbocycles. The first kappa shape index (κ1) is 20.1. The monoisotopic (exact) mass is 458 g/mol. The number of halogens is 1. The van der Waals surface area contributed by atoms with Gasteiger partial charge in [-0.25, -0.2) is 8.42 Å².